The van der Waals surface area contributed by atoms with E-state index in [1.54, 1.807) is 59.6 Å². The second-order valence-corrected chi connectivity index (χ2v) is 6.07. The second-order valence-electron chi connectivity index (χ2n) is 5.15. The van der Waals surface area contributed by atoms with Gasteiger partial charge in [-0.05, 0) is 36.4 Å². The van der Waals surface area contributed by atoms with Crippen molar-refractivity contribution in [2.24, 2.45) is 0 Å². The van der Waals surface area contributed by atoms with Crippen molar-refractivity contribution in [3.05, 3.63) is 76.4 Å². The van der Waals surface area contributed by atoms with Crippen LogP contribution in [0.1, 0.15) is 20.7 Å². The second kappa shape index (κ2) is 7.74. The Balaban J connectivity index is 2.22. The topological polar surface area (TPSA) is 49.4 Å². The molecule has 0 atom stereocenters. The van der Waals surface area contributed by atoms with Crippen LogP contribution in [0.15, 0.2) is 65.3 Å². The van der Waals surface area contributed by atoms with Crippen LogP contribution in [-0.4, -0.2) is 30.7 Å². The molecular weight excluding hydrogens is 356 g/mol. The van der Waals surface area contributed by atoms with Gasteiger partial charge in [-0.25, -0.2) is 0 Å². The highest BCUT2D eigenvalue weighted by molar-refractivity contribution is 9.10. The molecule has 23 heavy (non-hydrogen) atoms. The highest BCUT2D eigenvalue weighted by Crippen LogP contribution is 2.18. The molecule has 0 aliphatic rings. The number of carbonyl (C=O) groups is 2. The molecule has 0 spiro atoms. The number of benzene rings is 2. The smallest absolute Gasteiger partial charge is 0.255 e. The van der Waals surface area contributed by atoms with E-state index in [0.29, 0.717) is 16.8 Å². The third-order valence-electron chi connectivity index (χ3n) is 3.07. The minimum absolute atomic E-state index is 0.162. The number of anilines is 1. The number of rotatable bonds is 5. The lowest BCUT2D eigenvalue weighted by atomic mass is 10.1. The molecule has 2 aromatic carbocycles. The Morgan fingerprint density at radius 3 is 2.35 bits per heavy atom. The summed E-state index contributed by atoms with van der Waals surface area (Å²) in [6, 6.07) is 14.0. The van der Waals surface area contributed by atoms with E-state index in [4.69, 9.17) is 0 Å². The van der Waals surface area contributed by atoms with Crippen LogP contribution in [0, 0.1) is 0 Å². The number of allylic oxidation sites excluding steroid dienone is 1. The molecule has 0 aromatic heterocycles. The minimum atomic E-state index is -0.255. The number of halogens is 1. The molecule has 5 heteroatoms. The van der Waals surface area contributed by atoms with Crippen LogP contribution >= 0.6 is 15.9 Å². The maximum absolute atomic E-state index is 12.3. The third-order valence-corrected chi connectivity index (χ3v) is 3.60. The van der Waals surface area contributed by atoms with E-state index in [2.05, 4.69) is 21.2 Å². The summed E-state index contributed by atoms with van der Waals surface area (Å²) in [5, 5.41) is 2.79. The third kappa shape index (κ3) is 4.79. The molecule has 4 nitrogen and oxygen atoms in total. The molecule has 0 unspecified atom stereocenters. The summed E-state index contributed by atoms with van der Waals surface area (Å²) < 4.78 is 0.901. The van der Waals surface area contributed by atoms with E-state index in [1.165, 1.54) is 6.08 Å². The Labute approximate surface area is 143 Å². The highest BCUT2D eigenvalue weighted by atomic mass is 79.9. The van der Waals surface area contributed by atoms with E-state index in [0.717, 1.165) is 4.47 Å². The lowest BCUT2D eigenvalue weighted by Gasteiger charge is -2.10. The number of carbonyl (C=O) groups excluding carboxylic acids is 2. The average Bonchev–Trinajstić information content (AvgIpc) is 2.53. The zero-order chi connectivity index (χ0) is 16.8. The predicted octanol–water partition coefficient (Wildman–Crippen LogP) is 3.96. The molecule has 0 radical (unpaired) electrons. The zero-order valence-electron chi connectivity index (χ0n) is 12.9. The molecule has 0 aliphatic heterocycles. The standard InChI is InChI=1S/C18H17BrN2O2/c1-21(2)12-11-17(22)15-5-3-4-6-16(15)20-18(23)13-7-9-14(19)10-8-13/h3-12H,1-2H3,(H,20,23)/b12-11+. The van der Waals surface area contributed by atoms with Gasteiger partial charge < -0.3 is 10.2 Å². The molecule has 0 bridgehead atoms. The van der Waals surface area contributed by atoms with Crippen molar-refractivity contribution in [2.75, 3.05) is 19.4 Å². The molecule has 0 heterocycles. The number of amides is 1. The molecule has 0 saturated heterocycles. The van der Waals surface area contributed by atoms with Gasteiger partial charge in [0.15, 0.2) is 5.78 Å². The van der Waals surface area contributed by atoms with Gasteiger partial charge in [0.05, 0.1) is 5.69 Å². The fourth-order valence-corrected chi connectivity index (χ4v) is 2.17. The summed E-state index contributed by atoms with van der Waals surface area (Å²) in [6.45, 7) is 0. The number of hydrogen-bond acceptors (Lipinski definition) is 3. The molecule has 2 aromatic rings. The lowest BCUT2D eigenvalue weighted by molar-refractivity contribution is 0.102. The number of hydrogen-bond donors (Lipinski definition) is 1. The van der Waals surface area contributed by atoms with E-state index in [1.807, 2.05) is 14.1 Å². The first-order valence-electron chi connectivity index (χ1n) is 7.02. The zero-order valence-corrected chi connectivity index (χ0v) is 14.5. The molecule has 0 saturated carbocycles. The first kappa shape index (κ1) is 17.0. The highest BCUT2D eigenvalue weighted by Gasteiger charge is 2.12. The van der Waals surface area contributed by atoms with E-state index in [9.17, 15) is 9.59 Å². The predicted molar refractivity (Wildman–Crippen MR) is 95.7 cm³/mol. The van der Waals surface area contributed by atoms with E-state index >= 15 is 0 Å². The largest absolute Gasteiger partial charge is 0.383 e. The number of ketones is 1. The molecule has 0 fully saturated rings. The maximum Gasteiger partial charge on any atom is 0.255 e. The van der Waals surface area contributed by atoms with Crippen molar-refractivity contribution in [3.8, 4) is 0 Å². The Kier molecular flexibility index (Phi) is 5.71. The van der Waals surface area contributed by atoms with Crippen LogP contribution < -0.4 is 5.32 Å². The number of nitrogens with zero attached hydrogens (tertiary/aromatic N) is 1. The summed E-state index contributed by atoms with van der Waals surface area (Å²) >= 11 is 3.33. The average molecular weight is 373 g/mol. The van der Waals surface area contributed by atoms with Gasteiger partial charge in [-0.15, -0.1) is 0 Å². The van der Waals surface area contributed by atoms with Crippen LogP contribution in [-0.2, 0) is 0 Å². The molecule has 2 rings (SSSR count). The monoisotopic (exact) mass is 372 g/mol. The van der Waals surface area contributed by atoms with Gasteiger partial charge in [0.1, 0.15) is 0 Å². The lowest BCUT2D eigenvalue weighted by Crippen LogP contribution is -2.14. The van der Waals surface area contributed by atoms with Gasteiger partial charge in [-0.2, -0.15) is 0 Å². The molecule has 0 aliphatic carbocycles. The fourth-order valence-electron chi connectivity index (χ4n) is 1.91. The summed E-state index contributed by atoms with van der Waals surface area (Å²) in [5.41, 5.74) is 1.48. The maximum atomic E-state index is 12.3. The minimum Gasteiger partial charge on any atom is -0.383 e. The van der Waals surface area contributed by atoms with Gasteiger partial charge >= 0.3 is 0 Å². The Bertz CT molecular complexity index is 737. The van der Waals surface area contributed by atoms with Gasteiger partial charge in [0, 0.05) is 42.0 Å². The Hall–Kier alpha value is -2.40. The first-order chi connectivity index (χ1) is 11.0. The van der Waals surface area contributed by atoms with Crippen molar-refractivity contribution < 1.29 is 9.59 Å². The van der Waals surface area contributed by atoms with E-state index in [-0.39, 0.29) is 11.7 Å². The van der Waals surface area contributed by atoms with Crippen LogP contribution in [0.3, 0.4) is 0 Å². The van der Waals surface area contributed by atoms with Gasteiger partial charge in [0.2, 0.25) is 0 Å². The van der Waals surface area contributed by atoms with Crippen LogP contribution in [0.25, 0.3) is 0 Å². The Morgan fingerprint density at radius 1 is 1.04 bits per heavy atom. The van der Waals surface area contributed by atoms with Crippen LogP contribution in [0.2, 0.25) is 0 Å². The van der Waals surface area contributed by atoms with Gasteiger partial charge in [0.25, 0.3) is 5.91 Å². The molecule has 1 amide bonds. The van der Waals surface area contributed by atoms with E-state index < -0.39 is 0 Å². The van der Waals surface area contributed by atoms with Crippen molar-refractivity contribution in [3.63, 3.8) is 0 Å². The van der Waals surface area contributed by atoms with Crippen molar-refractivity contribution in [2.45, 2.75) is 0 Å². The summed E-state index contributed by atoms with van der Waals surface area (Å²) in [7, 11) is 3.68. The first-order valence-corrected chi connectivity index (χ1v) is 7.81. The van der Waals surface area contributed by atoms with Crippen molar-refractivity contribution in [1.29, 1.82) is 0 Å². The van der Waals surface area contributed by atoms with Crippen molar-refractivity contribution in [1.82, 2.24) is 4.90 Å². The van der Waals surface area contributed by atoms with Gasteiger partial charge in [-0.1, -0.05) is 28.1 Å². The van der Waals surface area contributed by atoms with Crippen LogP contribution in [0.5, 0.6) is 0 Å². The van der Waals surface area contributed by atoms with Gasteiger partial charge in [-0.3, -0.25) is 9.59 Å². The quantitative estimate of drug-likeness (QED) is 0.638. The molecular formula is C18H17BrN2O2. The summed E-state index contributed by atoms with van der Waals surface area (Å²) in [6.07, 6.45) is 3.15. The molecule has 118 valence electrons. The number of nitrogens with one attached hydrogen (secondary N) is 1. The SMILES string of the molecule is CN(C)/C=C/C(=O)c1ccccc1NC(=O)c1ccc(Br)cc1. The fraction of sp³-hybridized carbons (Fsp3) is 0.111. The normalized spacial score (nSPS) is 10.6. The molecule has 1 N–H and O–H groups in total. The Morgan fingerprint density at radius 2 is 1.70 bits per heavy atom. The summed E-state index contributed by atoms with van der Waals surface area (Å²) in [5.74, 6) is -0.417. The summed E-state index contributed by atoms with van der Waals surface area (Å²) in [4.78, 5) is 26.3. The van der Waals surface area contributed by atoms with Crippen LogP contribution in [0.4, 0.5) is 5.69 Å². The number of para-hydroxylation sites is 1. The van der Waals surface area contributed by atoms with Crippen molar-refractivity contribution >= 4 is 33.3 Å².